The van der Waals surface area contributed by atoms with Crippen molar-refractivity contribution in [2.45, 2.75) is 6.61 Å². The number of alkyl halides is 2. The fourth-order valence-electron chi connectivity index (χ4n) is 2.27. The predicted octanol–water partition coefficient (Wildman–Crippen LogP) is 3.97. The SMILES string of the molecule is COc1cc(NC(=O)/C=C/c2ccc(OC(F)F)cc2)cc(OC)c1OC. The minimum atomic E-state index is -2.88. The van der Waals surface area contributed by atoms with Gasteiger partial charge < -0.3 is 24.3 Å². The maximum atomic E-state index is 12.1. The van der Waals surface area contributed by atoms with Crippen LogP contribution in [0.4, 0.5) is 14.5 Å². The minimum Gasteiger partial charge on any atom is -0.493 e. The van der Waals surface area contributed by atoms with E-state index >= 15 is 0 Å². The molecule has 27 heavy (non-hydrogen) atoms. The summed E-state index contributed by atoms with van der Waals surface area (Å²) < 4.78 is 44.2. The number of benzene rings is 2. The van der Waals surface area contributed by atoms with Gasteiger partial charge in [-0.05, 0) is 23.8 Å². The first kappa shape index (κ1) is 20.0. The number of amides is 1. The Kier molecular flexibility index (Phi) is 6.99. The maximum Gasteiger partial charge on any atom is 0.387 e. The van der Waals surface area contributed by atoms with E-state index in [9.17, 15) is 13.6 Å². The van der Waals surface area contributed by atoms with Crippen LogP contribution in [0.25, 0.3) is 6.08 Å². The van der Waals surface area contributed by atoms with Crippen molar-refractivity contribution >= 4 is 17.7 Å². The summed E-state index contributed by atoms with van der Waals surface area (Å²) in [4.78, 5) is 12.1. The lowest BCUT2D eigenvalue weighted by molar-refractivity contribution is -0.111. The number of hydrogen-bond acceptors (Lipinski definition) is 5. The predicted molar refractivity (Wildman–Crippen MR) is 96.8 cm³/mol. The lowest BCUT2D eigenvalue weighted by Gasteiger charge is -2.14. The highest BCUT2D eigenvalue weighted by atomic mass is 19.3. The number of nitrogens with one attached hydrogen (secondary N) is 1. The van der Waals surface area contributed by atoms with E-state index in [2.05, 4.69) is 10.1 Å². The Balaban J connectivity index is 2.07. The van der Waals surface area contributed by atoms with Gasteiger partial charge in [0.1, 0.15) is 5.75 Å². The molecule has 0 bridgehead atoms. The molecule has 0 aliphatic rings. The van der Waals surface area contributed by atoms with Crippen LogP contribution in [-0.2, 0) is 4.79 Å². The van der Waals surface area contributed by atoms with Gasteiger partial charge in [-0.3, -0.25) is 4.79 Å². The summed E-state index contributed by atoms with van der Waals surface area (Å²) >= 11 is 0. The first-order chi connectivity index (χ1) is 13.0. The van der Waals surface area contributed by atoms with Gasteiger partial charge in [0.15, 0.2) is 11.5 Å². The van der Waals surface area contributed by atoms with Crippen LogP contribution in [0.5, 0.6) is 23.0 Å². The highest BCUT2D eigenvalue weighted by Gasteiger charge is 2.13. The first-order valence-corrected chi connectivity index (χ1v) is 7.80. The Labute approximate surface area is 155 Å². The summed E-state index contributed by atoms with van der Waals surface area (Å²) in [6, 6.07) is 9.10. The van der Waals surface area contributed by atoms with E-state index in [0.717, 1.165) is 0 Å². The zero-order chi connectivity index (χ0) is 19.8. The van der Waals surface area contributed by atoms with E-state index in [1.165, 1.54) is 39.5 Å². The third-order valence-corrected chi connectivity index (χ3v) is 3.46. The zero-order valence-corrected chi connectivity index (χ0v) is 15.0. The average Bonchev–Trinajstić information content (AvgIpc) is 2.66. The number of hydrogen-bond donors (Lipinski definition) is 1. The molecule has 2 aromatic carbocycles. The summed E-state index contributed by atoms with van der Waals surface area (Å²) in [6.07, 6.45) is 2.85. The van der Waals surface area contributed by atoms with Crippen LogP contribution in [0.1, 0.15) is 5.56 Å². The average molecular weight is 379 g/mol. The molecule has 0 spiro atoms. The minimum absolute atomic E-state index is 0.0454. The summed E-state index contributed by atoms with van der Waals surface area (Å²) in [6.45, 7) is -2.88. The third kappa shape index (κ3) is 5.60. The fourth-order valence-corrected chi connectivity index (χ4v) is 2.27. The van der Waals surface area contributed by atoms with E-state index in [-0.39, 0.29) is 5.75 Å². The molecule has 2 rings (SSSR count). The van der Waals surface area contributed by atoms with Gasteiger partial charge in [0.25, 0.3) is 0 Å². The van der Waals surface area contributed by atoms with Crippen molar-refractivity contribution in [3.05, 3.63) is 48.0 Å². The van der Waals surface area contributed by atoms with Gasteiger partial charge in [0.2, 0.25) is 11.7 Å². The molecule has 0 unspecified atom stereocenters. The summed E-state index contributed by atoms with van der Waals surface area (Å²) in [7, 11) is 4.44. The van der Waals surface area contributed by atoms with Crippen molar-refractivity contribution in [1.82, 2.24) is 0 Å². The number of rotatable bonds is 8. The highest BCUT2D eigenvalue weighted by molar-refractivity contribution is 6.02. The second-order valence-corrected chi connectivity index (χ2v) is 5.18. The molecule has 144 valence electrons. The molecule has 0 heterocycles. The summed E-state index contributed by atoms with van der Waals surface area (Å²) in [5.74, 6) is 0.886. The molecule has 2 aromatic rings. The molecule has 0 fully saturated rings. The Hall–Kier alpha value is -3.29. The number of halogens is 2. The zero-order valence-electron chi connectivity index (χ0n) is 15.0. The molecule has 8 heteroatoms. The standard InChI is InChI=1S/C19H19F2NO5/c1-24-15-10-13(11-16(25-2)18(15)26-3)22-17(23)9-6-12-4-7-14(8-5-12)27-19(20)21/h4-11,19H,1-3H3,(H,22,23)/b9-6+. The molecule has 0 aliphatic carbocycles. The molecular formula is C19H19F2NO5. The molecule has 1 N–H and O–H groups in total. The van der Waals surface area contributed by atoms with Gasteiger partial charge in [-0.1, -0.05) is 12.1 Å². The largest absolute Gasteiger partial charge is 0.493 e. The summed E-state index contributed by atoms with van der Waals surface area (Å²) in [5, 5.41) is 2.69. The van der Waals surface area contributed by atoms with Gasteiger partial charge in [-0.25, -0.2) is 0 Å². The number of carbonyl (C=O) groups excluding carboxylic acids is 1. The van der Waals surface area contributed by atoms with Gasteiger partial charge in [0, 0.05) is 23.9 Å². The maximum absolute atomic E-state index is 12.1. The number of methoxy groups -OCH3 is 3. The van der Waals surface area contributed by atoms with Crippen molar-refractivity contribution in [3.63, 3.8) is 0 Å². The number of carbonyl (C=O) groups is 1. The van der Waals surface area contributed by atoms with E-state index in [1.54, 1.807) is 30.3 Å². The van der Waals surface area contributed by atoms with Crippen molar-refractivity contribution < 1.29 is 32.5 Å². The smallest absolute Gasteiger partial charge is 0.387 e. The number of ether oxygens (including phenoxy) is 4. The van der Waals surface area contributed by atoms with Crippen molar-refractivity contribution in [3.8, 4) is 23.0 Å². The normalized spacial score (nSPS) is 10.7. The highest BCUT2D eigenvalue weighted by Crippen LogP contribution is 2.39. The molecule has 0 aliphatic heterocycles. The van der Waals surface area contributed by atoms with Crippen molar-refractivity contribution in [1.29, 1.82) is 0 Å². The van der Waals surface area contributed by atoms with Crippen LogP contribution in [-0.4, -0.2) is 33.8 Å². The fraction of sp³-hybridized carbons (Fsp3) is 0.211. The van der Waals surface area contributed by atoms with E-state index in [0.29, 0.717) is 28.5 Å². The van der Waals surface area contributed by atoms with Gasteiger partial charge >= 0.3 is 6.61 Å². The topological polar surface area (TPSA) is 66.0 Å². The Morgan fingerprint density at radius 1 is 1.00 bits per heavy atom. The van der Waals surface area contributed by atoms with Crippen LogP contribution in [0.15, 0.2) is 42.5 Å². The van der Waals surface area contributed by atoms with Crippen LogP contribution < -0.4 is 24.3 Å². The van der Waals surface area contributed by atoms with Crippen molar-refractivity contribution in [2.24, 2.45) is 0 Å². The second kappa shape index (κ2) is 9.42. The molecule has 0 saturated heterocycles. The van der Waals surface area contributed by atoms with E-state index < -0.39 is 12.5 Å². The lowest BCUT2D eigenvalue weighted by atomic mass is 10.2. The van der Waals surface area contributed by atoms with Gasteiger partial charge in [-0.2, -0.15) is 8.78 Å². The molecule has 0 saturated carbocycles. The molecule has 0 aromatic heterocycles. The monoisotopic (exact) mass is 379 g/mol. The molecule has 1 amide bonds. The van der Waals surface area contributed by atoms with Gasteiger partial charge in [-0.15, -0.1) is 0 Å². The molecule has 0 radical (unpaired) electrons. The third-order valence-electron chi connectivity index (χ3n) is 3.46. The number of anilines is 1. The first-order valence-electron chi connectivity index (χ1n) is 7.80. The molecule has 6 nitrogen and oxygen atoms in total. The van der Waals surface area contributed by atoms with E-state index in [1.807, 2.05) is 0 Å². The van der Waals surface area contributed by atoms with Crippen LogP contribution in [0.2, 0.25) is 0 Å². The Bertz CT molecular complexity index is 781. The lowest BCUT2D eigenvalue weighted by Crippen LogP contribution is -2.08. The Morgan fingerprint density at radius 2 is 1.59 bits per heavy atom. The molecule has 0 atom stereocenters. The van der Waals surface area contributed by atoms with Crippen LogP contribution >= 0.6 is 0 Å². The molecular weight excluding hydrogens is 360 g/mol. The van der Waals surface area contributed by atoms with E-state index in [4.69, 9.17) is 14.2 Å². The second-order valence-electron chi connectivity index (χ2n) is 5.18. The quantitative estimate of drug-likeness (QED) is 0.703. The Morgan fingerprint density at radius 3 is 2.07 bits per heavy atom. The van der Waals surface area contributed by atoms with Crippen LogP contribution in [0, 0.1) is 0 Å². The summed E-state index contributed by atoms with van der Waals surface area (Å²) in [5.41, 5.74) is 1.11. The van der Waals surface area contributed by atoms with Crippen molar-refractivity contribution in [2.75, 3.05) is 26.6 Å². The van der Waals surface area contributed by atoms with Gasteiger partial charge in [0.05, 0.1) is 21.3 Å². The van der Waals surface area contributed by atoms with Crippen LogP contribution in [0.3, 0.4) is 0 Å².